The number of para-hydroxylation sites is 1. The van der Waals surface area contributed by atoms with Crippen LogP contribution in [0.5, 0.6) is 0 Å². The summed E-state index contributed by atoms with van der Waals surface area (Å²) in [5.74, 6) is 1.65. The average Bonchev–Trinajstić information content (AvgIpc) is 3.24. The lowest BCUT2D eigenvalue weighted by molar-refractivity contribution is -0.131. The summed E-state index contributed by atoms with van der Waals surface area (Å²) < 4.78 is 5.48. The second-order valence-electron chi connectivity index (χ2n) is 7.99. The third kappa shape index (κ3) is 4.19. The molecule has 2 N–H and O–H groups in total. The Morgan fingerprint density at radius 1 is 1.07 bits per heavy atom. The molecule has 4 rings (SSSR count). The highest BCUT2D eigenvalue weighted by Gasteiger charge is 2.28. The maximum absolute atomic E-state index is 12.2. The van der Waals surface area contributed by atoms with Gasteiger partial charge in [0.15, 0.2) is 0 Å². The van der Waals surface area contributed by atoms with Gasteiger partial charge >= 0.3 is 0 Å². The minimum atomic E-state index is -0.244. The van der Waals surface area contributed by atoms with Crippen LogP contribution in [0, 0.1) is 0 Å². The predicted molar refractivity (Wildman–Crippen MR) is 111 cm³/mol. The Kier molecular flexibility index (Phi) is 5.62. The molecular formula is C21H29N5O2. The van der Waals surface area contributed by atoms with Crippen molar-refractivity contribution in [3.8, 4) is 0 Å². The van der Waals surface area contributed by atoms with Gasteiger partial charge in [-0.3, -0.25) is 4.79 Å². The number of aromatic nitrogens is 2. The second-order valence-corrected chi connectivity index (χ2v) is 7.99. The van der Waals surface area contributed by atoms with E-state index in [-0.39, 0.29) is 18.1 Å². The topological polar surface area (TPSA) is 79.4 Å². The minimum Gasteiger partial charge on any atom is -0.368 e. The van der Waals surface area contributed by atoms with E-state index in [4.69, 9.17) is 14.7 Å². The van der Waals surface area contributed by atoms with Crippen molar-refractivity contribution in [3.63, 3.8) is 0 Å². The lowest BCUT2D eigenvalue weighted by Gasteiger charge is -2.30. The van der Waals surface area contributed by atoms with Crippen LogP contribution in [0.15, 0.2) is 24.3 Å². The summed E-state index contributed by atoms with van der Waals surface area (Å²) >= 11 is 0. The van der Waals surface area contributed by atoms with Crippen molar-refractivity contribution in [1.29, 1.82) is 0 Å². The molecule has 1 saturated carbocycles. The SMILES string of the molecule is CN(C)c1nc(NC2CCC(NC(=O)C3CCCO3)CC2)nc2ccccc12. The van der Waals surface area contributed by atoms with Crippen LogP contribution in [0.4, 0.5) is 11.8 Å². The van der Waals surface area contributed by atoms with Gasteiger partial charge in [0.25, 0.3) is 0 Å². The van der Waals surface area contributed by atoms with Gasteiger partial charge in [0.2, 0.25) is 11.9 Å². The van der Waals surface area contributed by atoms with Crippen molar-refractivity contribution in [1.82, 2.24) is 15.3 Å². The smallest absolute Gasteiger partial charge is 0.249 e. The van der Waals surface area contributed by atoms with Crippen molar-refractivity contribution in [2.75, 3.05) is 30.9 Å². The van der Waals surface area contributed by atoms with E-state index in [1.54, 1.807) is 0 Å². The van der Waals surface area contributed by atoms with Crippen molar-refractivity contribution in [3.05, 3.63) is 24.3 Å². The molecule has 1 aromatic heterocycles. The molecule has 0 bridgehead atoms. The van der Waals surface area contributed by atoms with E-state index < -0.39 is 0 Å². The van der Waals surface area contributed by atoms with Crippen LogP contribution in [0.1, 0.15) is 38.5 Å². The number of carbonyl (C=O) groups is 1. The van der Waals surface area contributed by atoms with E-state index in [1.807, 2.05) is 37.2 Å². The molecule has 7 heteroatoms. The molecule has 1 saturated heterocycles. The molecule has 2 heterocycles. The standard InChI is InChI=1S/C21H29N5O2/c1-26(2)19-16-6-3-4-7-17(16)24-21(25-19)23-15-11-9-14(10-12-15)22-20(27)18-8-5-13-28-18/h3-4,6-7,14-15,18H,5,8-13H2,1-2H3,(H,22,27)(H,23,24,25). The molecule has 2 aliphatic rings. The van der Waals surface area contributed by atoms with Crippen molar-refractivity contribution < 1.29 is 9.53 Å². The fourth-order valence-corrected chi connectivity index (χ4v) is 4.11. The number of ether oxygens (including phenoxy) is 1. The number of benzene rings is 1. The predicted octanol–water partition coefficient (Wildman–Crippen LogP) is 2.71. The number of amides is 1. The van der Waals surface area contributed by atoms with Gasteiger partial charge in [-0.25, -0.2) is 4.98 Å². The number of hydrogen-bond donors (Lipinski definition) is 2. The normalized spacial score (nSPS) is 24.9. The van der Waals surface area contributed by atoms with Gasteiger partial charge in [-0.05, 0) is 50.7 Å². The Morgan fingerprint density at radius 2 is 1.82 bits per heavy atom. The Labute approximate surface area is 165 Å². The lowest BCUT2D eigenvalue weighted by Crippen LogP contribution is -2.44. The molecule has 150 valence electrons. The first-order chi connectivity index (χ1) is 13.6. The highest BCUT2D eigenvalue weighted by molar-refractivity contribution is 5.90. The molecule has 1 aliphatic heterocycles. The lowest BCUT2D eigenvalue weighted by atomic mass is 9.91. The van der Waals surface area contributed by atoms with Crippen LogP contribution in [-0.2, 0) is 9.53 Å². The summed E-state index contributed by atoms with van der Waals surface area (Å²) in [6.07, 6.45) is 5.49. The second kappa shape index (κ2) is 8.31. The molecule has 0 spiro atoms. The van der Waals surface area contributed by atoms with Gasteiger partial charge in [-0.15, -0.1) is 0 Å². The summed E-state index contributed by atoms with van der Waals surface area (Å²) in [6.45, 7) is 0.704. The number of nitrogens with one attached hydrogen (secondary N) is 2. The van der Waals surface area contributed by atoms with Crippen molar-refractivity contribution >= 4 is 28.6 Å². The van der Waals surface area contributed by atoms with E-state index in [0.29, 0.717) is 18.6 Å². The molecule has 0 radical (unpaired) electrons. The zero-order valence-electron chi connectivity index (χ0n) is 16.6. The first-order valence-corrected chi connectivity index (χ1v) is 10.2. The average molecular weight is 383 g/mol. The quantitative estimate of drug-likeness (QED) is 0.826. The molecule has 1 unspecified atom stereocenters. The van der Waals surface area contributed by atoms with Gasteiger partial charge in [0.1, 0.15) is 11.9 Å². The molecular weight excluding hydrogens is 354 g/mol. The number of fused-ring (bicyclic) bond motifs is 1. The van der Waals surface area contributed by atoms with Gasteiger partial charge in [-0.1, -0.05) is 12.1 Å². The first kappa shape index (κ1) is 18.9. The van der Waals surface area contributed by atoms with Gasteiger partial charge in [-0.2, -0.15) is 4.98 Å². The largest absolute Gasteiger partial charge is 0.368 e. The molecule has 1 aromatic carbocycles. The van der Waals surface area contributed by atoms with E-state index >= 15 is 0 Å². The van der Waals surface area contributed by atoms with Crippen LogP contribution in [0.3, 0.4) is 0 Å². The molecule has 1 amide bonds. The summed E-state index contributed by atoms with van der Waals surface area (Å²) in [6, 6.07) is 8.65. The number of carbonyl (C=O) groups excluding carboxylic acids is 1. The maximum Gasteiger partial charge on any atom is 0.249 e. The van der Waals surface area contributed by atoms with Crippen LogP contribution in [0.25, 0.3) is 10.9 Å². The van der Waals surface area contributed by atoms with Crippen LogP contribution >= 0.6 is 0 Å². The van der Waals surface area contributed by atoms with Gasteiger partial charge < -0.3 is 20.3 Å². The molecule has 7 nitrogen and oxygen atoms in total. The fraction of sp³-hybridized carbons (Fsp3) is 0.571. The van der Waals surface area contributed by atoms with E-state index in [1.165, 1.54) is 0 Å². The molecule has 2 aromatic rings. The zero-order valence-corrected chi connectivity index (χ0v) is 16.6. The molecule has 1 atom stereocenters. The molecule has 1 aliphatic carbocycles. The summed E-state index contributed by atoms with van der Waals surface area (Å²) in [5.41, 5.74) is 0.946. The number of nitrogens with zero attached hydrogens (tertiary/aromatic N) is 3. The third-order valence-corrected chi connectivity index (χ3v) is 5.64. The number of anilines is 2. The number of rotatable bonds is 5. The monoisotopic (exact) mass is 383 g/mol. The van der Waals surface area contributed by atoms with Crippen molar-refractivity contribution in [2.24, 2.45) is 0 Å². The Balaban J connectivity index is 1.36. The summed E-state index contributed by atoms with van der Waals surface area (Å²) in [4.78, 5) is 23.7. The van der Waals surface area contributed by atoms with Crippen molar-refractivity contribution in [2.45, 2.75) is 56.7 Å². The highest BCUT2D eigenvalue weighted by Crippen LogP contribution is 2.26. The number of hydrogen-bond acceptors (Lipinski definition) is 6. The summed E-state index contributed by atoms with van der Waals surface area (Å²) in [5, 5.41) is 7.73. The van der Waals surface area contributed by atoms with E-state index in [9.17, 15) is 4.79 Å². The zero-order chi connectivity index (χ0) is 19.5. The Hall–Kier alpha value is -2.41. The van der Waals surface area contributed by atoms with E-state index in [2.05, 4.69) is 16.7 Å². The highest BCUT2D eigenvalue weighted by atomic mass is 16.5. The molecule has 2 fully saturated rings. The Morgan fingerprint density at radius 3 is 2.54 bits per heavy atom. The van der Waals surface area contributed by atoms with Gasteiger partial charge in [0.05, 0.1) is 5.52 Å². The van der Waals surface area contributed by atoms with E-state index in [0.717, 1.165) is 55.2 Å². The third-order valence-electron chi connectivity index (χ3n) is 5.64. The fourth-order valence-electron chi connectivity index (χ4n) is 4.11. The maximum atomic E-state index is 12.2. The van der Waals surface area contributed by atoms with Crippen LogP contribution in [0.2, 0.25) is 0 Å². The van der Waals surface area contributed by atoms with Crippen LogP contribution in [-0.4, -0.2) is 54.8 Å². The first-order valence-electron chi connectivity index (χ1n) is 10.2. The van der Waals surface area contributed by atoms with Crippen LogP contribution < -0.4 is 15.5 Å². The Bertz CT molecular complexity index is 827. The summed E-state index contributed by atoms with van der Waals surface area (Å²) in [7, 11) is 4.00. The molecule has 28 heavy (non-hydrogen) atoms. The minimum absolute atomic E-state index is 0.0578. The van der Waals surface area contributed by atoms with Gasteiger partial charge in [0, 0.05) is 38.2 Å².